The summed E-state index contributed by atoms with van der Waals surface area (Å²) in [5.41, 5.74) is 2.33. The molecule has 33 heavy (non-hydrogen) atoms. The molecular formula is C24H32N4O5. The van der Waals surface area contributed by atoms with E-state index < -0.39 is 17.7 Å². The molecule has 1 unspecified atom stereocenters. The predicted octanol–water partition coefficient (Wildman–Crippen LogP) is 2.31. The zero-order chi connectivity index (χ0) is 24.3. The minimum Gasteiger partial charge on any atom is -0.444 e. The Morgan fingerprint density at radius 2 is 2.03 bits per heavy atom. The molecule has 0 bridgehead atoms. The smallest absolute Gasteiger partial charge is 0.407 e. The van der Waals surface area contributed by atoms with Crippen molar-refractivity contribution < 1.29 is 23.9 Å². The SMILES string of the molecule is C=C1CCC(N2Cc3c(CN(C)C(=O)CCNC(=O)OC(C)(C)C)cccc3C2=O)C(=O)N1. The van der Waals surface area contributed by atoms with Gasteiger partial charge in [0.15, 0.2) is 0 Å². The fraction of sp³-hybridized carbons (Fsp3) is 0.500. The zero-order valence-electron chi connectivity index (χ0n) is 19.7. The Labute approximate surface area is 194 Å². The number of carbonyl (C=O) groups is 4. The lowest BCUT2D eigenvalue weighted by Gasteiger charge is -2.31. The molecule has 1 atom stereocenters. The molecule has 1 aromatic carbocycles. The third-order valence-electron chi connectivity index (χ3n) is 5.63. The van der Waals surface area contributed by atoms with E-state index in [4.69, 9.17) is 4.74 Å². The van der Waals surface area contributed by atoms with Crippen LogP contribution in [0, 0.1) is 0 Å². The van der Waals surface area contributed by atoms with Gasteiger partial charge in [-0.05, 0) is 50.8 Å². The minimum absolute atomic E-state index is 0.127. The summed E-state index contributed by atoms with van der Waals surface area (Å²) < 4.78 is 5.16. The third kappa shape index (κ3) is 5.91. The number of nitrogens with zero attached hydrogens (tertiary/aromatic N) is 2. The number of benzene rings is 1. The van der Waals surface area contributed by atoms with Crippen molar-refractivity contribution in [3.05, 3.63) is 47.2 Å². The standard InChI is InChI=1S/C24H32N4O5/c1-15-9-10-19(21(30)26-15)28-14-18-16(7-6-8-17(18)22(28)31)13-27(5)20(29)11-12-25-23(32)33-24(2,3)4/h6-8,19H,1,9-14H2,2-5H3,(H,25,32)(H,26,30). The normalized spacial score (nSPS) is 18.0. The second kappa shape index (κ2) is 9.64. The number of hydrogen-bond acceptors (Lipinski definition) is 5. The molecule has 9 heteroatoms. The van der Waals surface area contributed by atoms with Gasteiger partial charge in [-0.15, -0.1) is 0 Å². The Morgan fingerprint density at radius 3 is 2.70 bits per heavy atom. The van der Waals surface area contributed by atoms with Crippen molar-refractivity contribution in [1.29, 1.82) is 0 Å². The van der Waals surface area contributed by atoms with Crippen molar-refractivity contribution in [1.82, 2.24) is 20.4 Å². The lowest BCUT2D eigenvalue weighted by molar-refractivity contribution is -0.130. The molecule has 0 saturated carbocycles. The van der Waals surface area contributed by atoms with Crippen LogP contribution in [-0.4, -0.2) is 58.8 Å². The van der Waals surface area contributed by atoms with Crippen LogP contribution >= 0.6 is 0 Å². The molecule has 1 fully saturated rings. The van der Waals surface area contributed by atoms with Gasteiger partial charge in [0.05, 0.1) is 0 Å². The van der Waals surface area contributed by atoms with Gasteiger partial charge in [0.2, 0.25) is 11.8 Å². The Bertz CT molecular complexity index is 982. The van der Waals surface area contributed by atoms with Crippen LogP contribution in [0.4, 0.5) is 4.79 Å². The Morgan fingerprint density at radius 1 is 1.30 bits per heavy atom. The van der Waals surface area contributed by atoms with Gasteiger partial charge in [-0.2, -0.15) is 0 Å². The molecule has 2 heterocycles. The van der Waals surface area contributed by atoms with Crippen LogP contribution < -0.4 is 10.6 Å². The highest BCUT2D eigenvalue weighted by atomic mass is 16.6. The molecule has 0 aliphatic carbocycles. The van der Waals surface area contributed by atoms with Crippen molar-refractivity contribution in [3.63, 3.8) is 0 Å². The summed E-state index contributed by atoms with van der Waals surface area (Å²) in [7, 11) is 1.68. The molecule has 1 aromatic rings. The van der Waals surface area contributed by atoms with E-state index >= 15 is 0 Å². The minimum atomic E-state index is -0.601. The van der Waals surface area contributed by atoms with Crippen LogP contribution in [0.15, 0.2) is 30.5 Å². The molecular weight excluding hydrogens is 424 g/mol. The monoisotopic (exact) mass is 456 g/mol. The van der Waals surface area contributed by atoms with Crippen molar-refractivity contribution >= 4 is 23.8 Å². The molecule has 4 amide bonds. The fourth-order valence-corrected chi connectivity index (χ4v) is 4.00. The quantitative estimate of drug-likeness (QED) is 0.683. The summed E-state index contributed by atoms with van der Waals surface area (Å²) in [5.74, 6) is -0.524. The molecule has 9 nitrogen and oxygen atoms in total. The van der Waals surface area contributed by atoms with Gasteiger partial charge in [-0.3, -0.25) is 14.4 Å². The van der Waals surface area contributed by atoms with E-state index in [0.29, 0.717) is 37.2 Å². The van der Waals surface area contributed by atoms with E-state index in [2.05, 4.69) is 17.2 Å². The van der Waals surface area contributed by atoms with E-state index in [0.717, 1.165) is 11.1 Å². The Kier molecular flexibility index (Phi) is 7.09. The van der Waals surface area contributed by atoms with Crippen LogP contribution in [0.3, 0.4) is 0 Å². The first-order valence-electron chi connectivity index (χ1n) is 11.1. The molecule has 0 radical (unpaired) electrons. The van der Waals surface area contributed by atoms with Crippen LogP contribution in [0.25, 0.3) is 0 Å². The average molecular weight is 457 g/mol. The van der Waals surface area contributed by atoms with Gasteiger partial charge in [0, 0.05) is 44.4 Å². The molecule has 2 aliphatic heterocycles. The van der Waals surface area contributed by atoms with Gasteiger partial charge in [-0.25, -0.2) is 4.79 Å². The van der Waals surface area contributed by atoms with E-state index in [1.165, 1.54) is 0 Å². The fourth-order valence-electron chi connectivity index (χ4n) is 4.00. The zero-order valence-corrected chi connectivity index (χ0v) is 19.7. The van der Waals surface area contributed by atoms with E-state index in [1.807, 2.05) is 6.07 Å². The van der Waals surface area contributed by atoms with E-state index in [1.54, 1.807) is 49.8 Å². The highest BCUT2D eigenvalue weighted by molar-refractivity contribution is 6.01. The number of hydrogen-bond donors (Lipinski definition) is 2. The van der Waals surface area contributed by atoms with E-state index in [9.17, 15) is 19.2 Å². The number of alkyl carbamates (subject to hydrolysis) is 1. The van der Waals surface area contributed by atoms with Crippen molar-refractivity contribution in [2.45, 2.75) is 64.8 Å². The molecule has 2 aliphatic rings. The van der Waals surface area contributed by atoms with Crippen LogP contribution in [0.1, 0.15) is 61.5 Å². The summed E-state index contributed by atoms with van der Waals surface area (Å²) in [6, 6.07) is 4.91. The van der Waals surface area contributed by atoms with E-state index in [-0.39, 0.29) is 30.7 Å². The van der Waals surface area contributed by atoms with Crippen LogP contribution in [0.5, 0.6) is 0 Å². The second-order valence-corrected chi connectivity index (χ2v) is 9.45. The number of allylic oxidation sites excluding steroid dienone is 1. The van der Waals surface area contributed by atoms with Gasteiger partial charge in [-0.1, -0.05) is 18.7 Å². The number of nitrogens with one attached hydrogen (secondary N) is 2. The van der Waals surface area contributed by atoms with Gasteiger partial charge in [0.1, 0.15) is 11.6 Å². The average Bonchev–Trinajstić information content (AvgIpc) is 3.04. The molecule has 3 rings (SSSR count). The van der Waals surface area contributed by atoms with Gasteiger partial charge < -0.3 is 25.2 Å². The first-order valence-corrected chi connectivity index (χ1v) is 11.1. The largest absolute Gasteiger partial charge is 0.444 e. The predicted molar refractivity (Wildman–Crippen MR) is 122 cm³/mol. The molecule has 0 spiro atoms. The number of piperidine rings is 1. The number of rotatable bonds is 6. The first kappa shape index (κ1) is 24.3. The third-order valence-corrected chi connectivity index (χ3v) is 5.63. The lowest BCUT2D eigenvalue weighted by atomic mass is 10.0. The summed E-state index contributed by atoms with van der Waals surface area (Å²) in [5, 5.41) is 5.32. The lowest BCUT2D eigenvalue weighted by Crippen LogP contribution is -2.49. The Hall–Kier alpha value is -3.36. The van der Waals surface area contributed by atoms with Gasteiger partial charge in [0.25, 0.3) is 5.91 Å². The number of ether oxygens (including phenoxy) is 1. The maximum Gasteiger partial charge on any atom is 0.407 e. The summed E-state index contributed by atoms with van der Waals surface area (Å²) >= 11 is 0. The highest BCUT2D eigenvalue weighted by Crippen LogP contribution is 2.31. The number of amides is 4. The van der Waals surface area contributed by atoms with Crippen molar-refractivity contribution in [3.8, 4) is 0 Å². The number of fused-ring (bicyclic) bond motifs is 1. The Balaban J connectivity index is 1.60. The summed E-state index contributed by atoms with van der Waals surface area (Å²) in [4.78, 5) is 52.9. The number of carbonyl (C=O) groups excluding carboxylic acids is 4. The molecule has 2 N–H and O–H groups in total. The van der Waals surface area contributed by atoms with Crippen molar-refractivity contribution in [2.75, 3.05) is 13.6 Å². The van der Waals surface area contributed by atoms with Gasteiger partial charge >= 0.3 is 6.09 Å². The maximum atomic E-state index is 13.0. The maximum absolute atomic E-state index is 13.0. The summed E-state index contributed by atoms with van der Waals surface area (Å²) in [6.07, 6.45) is 0.746. The summed E-state index contributed by atoms with van der Waals surface area (Å²) in [6.45, 7) is 9.92. The first-order chi connectivity index (χ1) is 15.5. The van der Waals surface area contributed by atoms with Crippen LogP contribution in [-0.2, 0) is 27.4 Å². The van der Waals surface area contributed by atoms with Crippen molar-refractivity contribution in [2.24, 2.45) is 0 Å². The second-order valence-electron chi connectivity index (χ2n) is 9.45. The van der Waals surface area contributed by atoms with Crippen LogP contribution in [0.2, 0.25) is 0 Å². The molecule has 178 valence electrons. The topological polar surface area (TPSA) is 108 Å². The highest BCUT2D eigenvalue weighted by Gasteiger charge is 2.38. The molecule has 0 aromatic heterocycles. The molecule has 1 saturated heterocycles.